The van der Waals surface area contributed by atoms with E-state index < -0.39 is 11.9 Å². The van der Waals surface area contributed by atoms with E-state index in [1.54, 1.807) is 36.4 Å². The molecule has 1 N–H and O–H groups in total. The molecule has 0 spiro atoms. The van der Waals surface area contributed by atoms with E-state index in [-0.39, 0.29) is 5.76 Å². The molecule has 27 heavy (non-hydrogen) atoms. The number of carbonyl (C=O) groups is 2. The molecule has 0 saturated carbocycles. The summed E-state index contributed by atoms with van der Waals surface area (Å²) < 4.78 is 4.94. The summed E-state index contributed by atoms with van der Waals surface area (Å²) in [6.45, 7) is 0. The molecule has 1 heterocycles. The first-order valence-corrected chi connectivity index (χ1v) is 8.00. The van der Waals surface area contributed by atoms with Gasteiger partial charge in [0, 0.05) is 6.08 Å². The standard InChI is InChI=1S/C20H15N3O4/c24-19(13-8-15-5-2-1-3-6-15)27-23-17-11-9-16(10-12-17)21-22-20(25)18-7-4-14-26-18/h1-14,23H/b13-8+,22-21?. The molecule has 0 fully saturated rings. The Kier molecular flexibility index (Phi) is 5.88. The normalized spacial score (nSPS) is 11.0. The number of benzene rings is 2. The third-order valence-corrected chi connectivity index (χ3v) is 3.34. The second kappa shape index (κ2) is 8.91. The van der Waals surface area contributed by atoms with E-state index in [4.69, 9.17) is 9.25 Å². The van der Waals surface area contributed by atoms with Crippen LogP contribution in [0.15, 0.2) is 93.7 Å². The van der Waals surface area contributed by atoms with Gasteiger partial charge in [0.05, 0.1) is 17.6 Å². The molecule has 0 bridgehead atoms. The SMILES string of the molecule is O=C(/C=C/c1ccccc1)ONc1ccc(N=NC(=O)c2ccco2)cc1. The first-order chi connectivity index (χ1) is 13.2. The molecule has 2 aromatic carbocycles. The molecule has 0 unspecified atom stereocenters. The molecule has 3 aromatic rings. The highest BCUT2D eigenvalue weighted by Gasteiger charge is 2.06. The van der Waals surface area contributed by atoms with E-state index >= 15 is 0 Å². The lowest BCUT2D eigenvalue weighted by Gasteiger charge is -2.04. The van der Waals surface area contributed by atoms with Crippen LogP contribution in [0.4, 0.5) is 11.4 Å². The van der Waals surface area contributed by atoms with Crippen molar-refractivity contribution in [3.8, 4) is 0 Å². The maximum atomic E-state index is 11.7. The van der Waals surface area contributed by atoms with Crippen LogP contribution >= 0.6 is 0 Å². The zero-order chi connectivity index (χ0) is 18.9. The first kappa shape index (κ1) is 17.8. The Morgan fingerprint density at radius 1 is 0.963 bits per heavy atom. The maximum Gasteiger partial charge on any atom is 0.355 e. The molecule has 0 aliphatic carbocycles. The topological polar surface area (TPSA) is 93.3 Å². The molecule has 0 radical (unpaired) electrons. The number of anilines is 1. The van der Waals surface area contributed by atoms with Gasteiger partial charge < -0.3 is 9.25 Å². The molecule has 1 aromatic heterocycles. The van der Waals surface area contributed by atoms with Crippen molar-refractivity contribution in [1.82, 2.24) is 0 Å². The predicted octanol–water partition coefficient (Wildman–Crippen LogP) is 4.79. The number of hydrogen-bond donors (Lipinski definition) is 1. The van der Waals surface area contributed by atoms with E-state index in [2.05, 4.69) is 15.7 Å². The highest BCUT2D eigenvalue weighted by atomic mass is 16.7. The summed E-state index contributed by atoms with van der Waals surface area (Å²) in [7, 11) is 0. The van der Waals surface area contributed by atoms with E-state index in [0.717, 1.165) is 5.56 Å². The van der Waals surface area contributed by atoms with Crippen molar-refractivity contribution < 1.29 is 18.8 Å². The lowest BCUT2D eigenvalue weighted by atomic mass is 10.2. The van der Waals surface area contributed by atoms with Crippen molar-refractivity contribution in [2.75, 3.05) is 5.48 Å². The number of amides is 1. The number of azo groups is 1. The number of nitrogens with one attached hydrogen (secondary N) is 1. The summed E-state index contributed by atoms with van der Waals surface area (Å²) in [5, 5.41) is 7.40. The lowest BCUT2D eigenvalue weighted by Crippen LogP contribution is -2.07. The van der Waals surface area contributed by atoms with Gasteiger partial charge in [-0.1, -0.05) is 30.3 Å². The second-order valence-electron chi connectivity index (χ2n) is 5.30. The van der Waals surface area contributed by atoms with Crippen LogP contribution < -0.4 is 5.48 Å². The van der Waals surface area contributed by atoms with Crippen molar-refractivity contribution >= 4 is 29.3 Å². The van der Waals surface area contributed by atoms with E-state index in [1.165, 1.54) is 18.4 Å². The number of rotatable bonds is 6. The first-order valence-electron chi connectivity index (χ1n) is 8.00. The highest BCUT2D eigenvalue weighted by molar-refractivity contribution is 5.91. The highest BCUT2D eigenvalue weighted by Crippen LogP contribution is 2.17. The Bertz CT molecular complexity index is 947. The van der Waals surface area contributed by atoms with Crippen molar-refractivity contribution in [2.45, 2.75) is 0 Å². The Morgan fingerprint density at radius 3 is 2.44 bits per heavy atom. The van der Waals surface area contributed by atoms with E-state index in [1.807, 2.05) is 30.3 Å². The Labute approximate surface area is 154 Å². The minimum atomic E-state index is -0.568. The zero-order valence-corrected chi connectivity index (χ0v) is 14.1. The average molecular weight is 361 g/mol. The minimum Gasteiger partial charge on any atom is -0.459 e. The zero-order valence-electron chi connectivity index (χ0n) is 14.1. The van der Waals surface area contributed by atoms with E-state index in [0.29, 0.717) is 11.4 Å². The van der Waals surface area contributed by atoms with Gasteiger partial charge in [-0.05, 0) is 48.0 Å². The summed E-state index contributed by atoms with van der Waals surface area (Å²) in [5.74, 6) is -0.986. The molecule has 3 rings (SSSR count). The number of furan rings is 1. The molecule has 7 nitrogen and oxygen atoms in total. The van der Waals surface area contributed by atoms with Gasteiger partial charge in [0.2, 0.25) is 0 Å². The third kappa shape index (κ3) is 5.50. The lowest BCUT2D eigenvalue weighted by molar-refractivity contribution is -0.134. The van der Waals surface area contributed by atoms with Crippen LogP contribution in [0.2, 0.25) is 0 Å². The number of carbonyl (C=O) groups excluding carboxylic acids is 2. The van der Waals surface area contributed by atoms with Gasteiger partial charge in [0.15, 0.2) is 5.76 Å². The largest absolute Gasteiger partial charge is 0.459 e. The molecule has 7 heteroatoms. The molecule has 134 valence electrons. The summed E-state index contributed by atoms with van der Waals surface area (Å²) in [5.41, 5.74) is 4.45. The van der Waals surface area contributed by atoms with Crippen LogP contribution in [0.5, 0.6) is 0 Å². The van der Waals surface area contributed by atoms with Gasteiger partial charge in [0.25, 0.3) is 0 Å². The van der Waals surface area contributed by atoms with Gasteiger partial charge in [-0.15, -0.1) is 10.2 Å². The monoisotopic (exact) mass is 361 g/mol. The summed E-state index contributed by atoms with van der Waals surface area (Å²) >= 11 is 0. The van der Waals surface area contributed by atoms with Crippen LogP contribution in [0.25, 0.3) is 6.08 Å². The predicted molar refractivity (Wildman–Crippen MR) is 99.2 cm³/mol. The molecule has 0 aliphatic heterocycles. The fraction of sp³-hybridized carbons (Fsp3) is 0. The van der Waals surface area contributed by atoms with Gasteiger partial charge in [-0.3, -0.25) is 4.79 Å². The molecule has 0 aliphatic rings. The van der Waals surface area contributed by atoms with Crippen molar-refractivity contribution in [3.05, 3.63) is 90.4 Å². The summed E-state index contributed by atoms with van der Waals surface area (Å²) in [4.78, 5) is 28.3. The van der Waals surface area contributed by atoms with Crippen molar-refractivity contribution in [3.63, 3.8) is 0 Å². The molecule has 1 amide bonds. The van der Waals surface area contributed by atoms with Gasteiger partial charge >= 0.3 is 11.9 Å². The molecular weight excluding hydrogens is 346 g/mol. The van der Waals surface area contributed by atoms with Crippen LogP contribution in [0, 0.1) is 0 Å². The minimum absolute atomic E-state index is 0.118. The fourth-order valence-corrected chi connectivity index (χ4v) is 2.02. The Hall–Kier alpha value is -4.00. The van der Waals surface area contributed by atoms with Crippen molar-refractivity contribution in [2.24, 2.45) is 10.2 Å². The fourth-order valence-electron chi connectivity index (χ4n) is 2.02. The van der Waals surface area contributed by atoms with Crippen LogP contribution in [-0.2, 0) is 9.63 Å². The van der Waals surface area contributed by atoms with E-state index in [9.17, 15) is 9.59 Å². The van der Waals surface area contributed by atoms with Crippen LogP contribution in [-0.4, -0.2) is 11.9 Å². The third-order valence-electron chi connectivity index (χ3n) is 3.34. The maximum absolute atomic E-state index is 11.7. The summed E-state index contributed by atoms with van der Waals surface area (Å²) in [6, 6.07) is 19.0. The van der Waals surface area contributed by atoms with Crippen LogP contribution in [0.3, 0.4) is 0 Å². The Morgan fingerprint density at radius 2 is 1.74 bits per heavy atom. The smallest absolute Gasteiger partial charge is 0.355 e. The van der Waals surface area contributed by atoms with Crippen LogP contribution in [0.1, 0.15) is 16.1 Å². The molecule has 0 saturated heterocycles. The average Bonchev–Trinajstić information content (AvgIpc) is 3.25. The quantitative estimate of drug-likeness (QED) is 0.387. The second-order valence-corrected chi connectivity index (χ2v) is 5.30. The Balaban J connectivity index is 1.49. The van der Waals surface area contributed by atoms with Crippen molar-refractivity contribution in [1.29, 1.82) is 0 Å². The molecule has 0 atom stereocenters. The number of nitrogens with zero attached hydrogens (tertiary/aromatic N) is 2. The summed E-state index contributed by atoms with van der Waals surface area (Å²) in [6.07, 6.45) is 4.37. The van der Waals surface area contributed by atoms with Gasteiger partial charge in [-0.2, -0.15) is 0 Å². The molecular formula is C20H15N3O4. The number of hydrogen-bond acceptors (Lipinski definition) is 6. The van der Waals surface area contributed by atoms with Gasteiger partial charge in [0.1, 0.15) is 0 Å². The van der Waals surface area contributed by atoms with Gasteiger partial charge in [-0.25, -0.2) is 10.3 Å².